The minimum absolute atomic E-state index is 0.0336. The summed E-state index contributed by atoms with van der Waals surface area (Å²) in [6, 6.07) is -0.341. The zero-order valence-corrected chi connectivity index (χ0v) is 13.6. The summed E-state index contributed by atoms with van der Waals surface area (Å²) in [5, 5.41) is 0. The molecule has 2 atom stereocenters. The van der Waals surface area contributed by atoms with Gasteiger partial charge in [0.1, 0.15) is 6.54 Å². The first-order valence-corrected chi connectivity index (χ1v) is 7.58. The molecule has 2 unspecified atom stereocenters. The first-order valence-electron chi connectivity index (χ1n) is 7.58. The number of ether oxygens (including phenoxy) is 2. The van der Waals surface area contributed by atoms with Crippen molar-refractivity contribution in [1.29, 1.82) is 0 Å². The highest BCUT2D eigenvalue weighted by atomic mass is 16.5. The Morgan fingerprint density at radius 2 is 2.05 bits per heavy atom. The second-order valence-corrected chi connectivity index (χ2v) is 5.98. The molecule has 6 heteroatoms. The van der Waals surface area contributed by atoms with E-state index in [1.807, 2.05) is 6.92 Å². The summed E-state index contributed by atoms with van der Waals surface area (Å²) in [5.41, 5.74) is 5.26. The monoisotopic (exact) mass is 300 g/mol. The lowest BCUT2D eigenvalue weighted by Gasteiger charge is -2.34. The van der Waals surface area contributed by atoms with Crippen LogP contribution in [0.1, 0.15) is 33.6 Å². The van der Waals surface area contributed by atoms with Gasteiger partial charge in [0.05, 0.1) is 25.7 Å². The minimum atomic E-state index is -0.764. The van der Waals surface area contributed by atoms with Crippen molar-refractivity contribution in [1.82, 2.24) is 4.90 Å². The Balaban J connectivity index is 2.88. The molecule has 1 aliphatic heterocycles. The van der Waals surface area contributed by atoms with E-state index in [4.69, 9.17) is 15.2 Å². The van der Waals surface area contributed by atoms with Crippen LogP contribution >= 0.6 is 0 Å². The molecule has 0 radical (unpaired) electrons. The summed E-state index contributed by atoms with van der Waals surface area (Å²) in [4.78, 5) is 26.0. The number of amides is 1. The Hall–Kier alpha value is -1.14. The average molecular weight is 300 g/mol. The molecule has 0 aromatic rings. The van der Waals surface area contributed by atoms with Crippen molar-refractivity contribution in [2.24, 2.45) is 17.1 Å². The highest BCUT2D eigenvalue weighted by Gasteiger charge is 2.46. The number of esters is 1. The van der Waals surface area contributed by atoms with Gasteiger partial charge in [-0.25, -0.2) is 0 Å². The summed E-state index contributed by atoms with van der Waals surface area (Å²) in [5.74, 6) is -0.170. The van der Waals surface area contributed by atoms with E-state index in [2.05, 4.69) is 13.8 Å². The quantitative estimate of drug-likeness (QED) is 0.703. The maximum absolute atomic E-state index is 12.9. The molecule has 1 amide bonds. The fourth-order valence-corrected chi connectivity index (χ4v) is 2.57. The van der Waals surface area contributed by atoms with Gasteiger partial charge in [-0.1, -0.05) is 26.7 Å². The lowest BCUT2D eigenvalue weighted by Crippen LogP contribution is -2.53. The maximum atomic E-state index is 12.9. The standard InChI is InChI=1S/C15H28N2O4/c1-5-11(6-2)7-17(8-13(18)20-4)14(19)15(3)10-21-9-12(15)16/h11-12H,5-10,16H2,1-4H3. The van der Waals surface area contributed by atoms with Crippen molar-refractivity contribution in [3.8, 4) is 0 Å². The van der Waals surface area contributed by atoms with Gasteiger partial charge < -0.3 is 20.1 Å². The lowest BCUT2D eigenvalue weighted by atomic mass is 9.84. The average Bonchev–Trinajstić information content (AvgIpc) is 2.83. The molecule has 2 N–H and O–H groups in total. The van der Waals surface area contributed by atoms with Crippen LogP contribution in [0.2, 0.25) is 0 Å². The molecule has 1 fully saturated rings. The van der Waals surface area contributed by atoms with Gasteiger partial charge in [-0.15, -0.1) is 0 Å². The van der Waals surface area contributed by atoms with Crippen molar-refractivity contribution < 1.29 is 19.1 Å². The van der Waals surface area contributed by atoms with Gasteiger partial charge in [0, 0.05) is 12.6 Å². The van der Waals surface area contributed by atoms with Crippen LogP contribution in [0.3, 0.4) is 0 Å². The van der Waals surface area contributed by atoms with E-state index in [0.29, 0.717) is 25.7 Å². The summed E-state index contributed by atoms with van der Waals surface area (Å²) >= 11 is 0. The van der Waals surface area contributed by atoms with Crippen molar-refractivity contribution >= 4 is 11.9 Å². The highest BCUT2D eigenvalue weighted by molar-refractivity contribution is 5.87. The number of hydrogen-bond acceptors (Lipinski definition) is 5. The molecule has 1 heterocycles. The summed E-state index contributed by atoms with van der Waals surface area (Å²) in [6.45, 7) is 7.16. The van der Waals surface area contributed by atoms with Crippen LogP contribution in [0.25, 0.3) is 0 Å². The highest BCUT2D eigenvalue weighted by Crippen LogP contribution is 2.30. The first-order chi connectivity index (χ1) is 9.88. The Bertz CT molecular complexity index is 371. The van der Waals surface area contributed by atoms with E-state index in [0.717, 1.165) is 12.8 Å². The molecule has 1 saturated heterocycles. The third-order valence-corrected chi connectivity index (χ3v) is 4.47. The summed E-state index contributed by atoms with van der Waals surface area (Å²) in [6.07, 6.45) is 1.92. The molecule has 122 valence electrons. The van der Waals surface area contributed by atoms with Crippen LogP contribution in [-0.2, 0) is 19.1 Å². The van der Waals surface area contributed by atoms with Gasteiger partial charge >= 0.3 is 5.97 Å². The SMILES string of the molecule is CCC(CC)CN(CC(=O)OC)C(=O)C1(C)COCC1N. The van der Waals surface area contributed by atoms with Gasteiger partial charge in [-0.05, 0) is 12.8 Å². The van der Waals surface area contributed by atoms with Crippen molar-refractivity contribution in [2.75, 3.05) is 33.4 Å². The number of carbonyl (C=O) groups is 2. The molecule has 0 aliphatic carbocycles. The van der Waals surface area contributed by atoms with Crippen LogP contribution in [0.15, 0.2) is 0 Å². The van der Waals surface area contributed by atoms with E-state index in [1.54, 1.807) is 4.90 Å². The van der Waals surface area contributed by atoms with Crippen molar-refractivity contribution in [3.63, 3.8) is 0 Å². The predicted octanol–water partition coefficient (Wildman–Crippen LogP) is 0.788. The molecule has 6 nitrogen and oxygen atoms in total. The second kappa shape index (κ2) is 7.75. The number of carbonyl (C=O) groups excluding carboxylic acids is 2. The van der Waals surface area contributed by atoms with Gasteiger partial charge in [-0.2, -0.15) is 0 Å². The van der Waals surface area contributed by atoms with Gasteiger partial charge in [-0.3, -0.25) is 9.59 Å². The van der Waals surface area contributed by atoms with Crippen LogP contribution < -0.4 is 5.73 Å². The van der Waals surface area contributed by atoms with Crippen molar-refractivity contribution in [3.05, 3.63) is 0 Å². The Morgan fingerprint density at radius 3 is 2.48 bits per heavy atom. The molecule has 0 saturated carbocycles. The fourth-order valence-electron chi connectivity index (χ4n) is 2.57. The fraction of sp³-hybridized carbons (Fsp3) is 0.867. The molecule has 1 rings (SSSR count). The van der Waals surface area contributed by atoms with Gasteiger partial charge in [0.25, 0.3) is 0 Å². The number of nitrogens with zero attached hydrogens (tertiary/aromatic N) is 1. The topological polar surface area (TPSA) is 81.9 Å². The Labute approximate surface area is 126 Å². The van der Waals surface area contributed by atoms with Crippen LogP contribution in [0, 0.1) is 11.3 Å². The molecule has 0 aromatic heterocycles. The number of methoxy groups -OCH3 is 1. The van der Waals surface area contributed by atoms with Gasteiger partial charge in [0.2, 0.25) is 5.91 Å². The van der Waals surface area contributed by atoms with Crippen LogP contribution in [0.4, 0.5) is 0 Å². The predicted molar refractivity (Wildman–Crippen MR) is 79.6 cm³/mol. The molecule has 1 aliphatic rings. The van der Waals surface area contributed by atoms with E-state index in [-0.39, 0.29) is 18.5 Å². The third-order valence-electron chi connectivity index (χ3n) is 4.47. The number of rotatable bonds is 7. The molecule has 21 heavy (non-hydrogen) atoms. The zero-order chi connectivity index (χ0) is 16.0. The molecular weight excluding hydrogens is 272 g/mol. The summed E-state index contributed by atoms with van der Waals surface area (Å²) < 4.78 is 10.1. The Kier molecular flexibility index (Phi) is 6.61. The van der Waals surface area contributed by atoms with E-state index < -0.39 is 11.4 Å². The second-order valence-electron chi connectivity index (χ2n) is 5.98. The van der Waals surface area contributed by atoms with E-state index >= 15 is 0 Å². The van der Waals surface area contributed by atoms with Gasteiger partial charge in [0.15, 0.2) is 0 Å². The molecule has 0 bridgehead atoms. The Morgan fingerprint density at radius 1 is 1.43 bits per heavy atom. The zero-order valence-electron chi connectivity index (χ0n) is 13.6. The lowest BCUT2D eigenvalue weighted by molar-refractivity contribution is -0.152. The molecular formula is C15H28N2O4. The smallest absolute Gasteiger partial charge is 0.325 e. The largest absolute Gasteiger partial charge is 0.468 e. The number of nitrogens with two attached hydrogens (primary N) is 1. The van der Waals surface area contributed by atoms with Crippen LogP contribution in [-0.4, -0.2) is 56.2 Å². The minimum Gasteiger partial charge on any atom is -0.468 e. The van der Waals surface area contributed by atoms with Crippen LogP contribution in [0.5, 0.6) is 0 Å². The first kappa shape index (κ1) is 17.9. The third kappa shape index (κ3) is 4.17. The normalized spacial score (nSPS) is 25.1. The molecule has 0 aromatic carbocycles. The maximum Gasteiger partial charge on any atom is 0.325 e. The van der Waals surface area contributed by atoms with Crippen molar-refractivity contribution in [2.45, 2.75) is 39.7 Å². The number of hydrogen-bond donors (Lipinski definition) is 1. The molecule has 0 spiro atoms. The van der Waals surface area contributed by atoms with E-state index in [1.165, 1.54) is 7.11 Å². The summed E-state index contributed by atoms with van der Waals surface area (Å²) in [7, 11) is 1.33. The van der Waals surface area contributed by atoms with E-state index in [9.17, 15) is 9.59 Å².